The molecule has 0 unspecified atom stereocenters. The van der Waals surface area contributed by atoms with Crippen LogP contribution >= 0.6 is 0 Å². The Labute approximate surface area is 116 Å². The number of carbonyl (C=O) groups is 2. The number of amides is 1. The van der Waals surface area contributed by atoms with E-state index in [9.17, 15) is 9.59 Å². The van der Waals surface area contributed by atoms with Crippen molar-refractivity contribution in [2.75, 3.05) is 5.32 Å². The van der Waals surface area contributed by atoms with Gasteiger partial charge < -0.3 is 10.4 Å². The first-order chi connectivity index (χ1) is 9.54. The lowest BCUT2D eigenvalue weighted by molar-refractivity contribution is -0.115. The maximum Gasteiger partial charge on any atom is 0.354 e. The van der Waals surface area contributed by atoms with E-state index in [1.165, 1.54) is 12.3 Å². The van der Waals surface area contributed by atoms with Crippen molar-refractivity contribution < 1.29 is 14.7 Å². The lowest BCUT2D eigenvalue weighted by Crippen LogP contribution is -2.15. The number of benzene rings is 1. The van der Waals surface area contributed by atoms with E-state index in [0.717, 1.165) is 11.1 Å². The molecule has 0 aliphatic heterocycles. The molecule has 2 N–H and O–H groups in total. The molecule has 0 aliphatic carbocycles. The predicted molar refractivity (Wildman–Crippen MR) is 74.7 cm³/mol. The smallest absolute Gasteiger partial charge is 0.354 e. The van der Waals surface area contributed by atoms with Crippen molar-refractivity contribution in [3.8, 4) is 0 Å². The molecule has 2 rings (SSSR count). The number of pyridine rings is 1. The van der Waals surface area contributed by atoms with Crippen LogP contribution in [-0.4, -0.2) is 22.0 Å². The Balaban J connectivity index is 2.04. The number of carboxylic acids is 1. The van der Waals surface area contributed by atoms with E-state index in [1.807, 2.05) is 31.2 Å². The van der Waals surface area contributed by atoms with Crippen LogP contribution in [0.1, 0.15) is 21.6 Å². The molecule has 5 heteroatoms. The standard InChI is InChI=1S/C15H14N2O3/c1-10-3-2-4-11(7-10)8-14(18)17-12-5-6-16-13(9-12)15(19)20/h2-7,9H,8H2,1H3,(H,19,20)(H,16,17,18). The van der Waals surface area contributed by atoms with Gasteiger partial charge in [-0.2, -0.15) is 0 Å². The van der Waals surface area contributed by atoms with Crippen molar-refractivity contribution in [3.05, 3.63) is 59.4 Å². The van der Waals surface area contributed by atoms with Gasteiger partial charge >= 0.3 is 5.97 Å². The number of hydrogen-bond donors (Lipinski definition) is 2. The van der Waals surface area contributed by atoms with E-state index in [4.69, 9.17) is 5.11 Å². The number of anilines is 1. The van der Waals surface area contributed by atoms with Gasteiger partial charge in [-0.25, -0.2) is 9.78 Å². The number of hydrogen-bond acceptors (Lipinski definition) is 3. The lowest BCUT2D eigenvalue weighted by Gasteiger charge is -2.06. The number of aryl methyl sites for hydroxylation is 1. The van der Waals surface area contributed by atoms with Gasteiger partial charge in [0.15, 0.2) is 0 Å². The number of aromatic nitrogens is 1. The first-order valence-corrected chi connectivity index (χ1v) is 6.09. The highest BCUT2D eigenvalue weighted by Gasteiger charge is 2.08. The topological polar surface area (TPSA) is 79.3 Å². The van der Waals surface area contributed by atoms with Gasteiger partial charge in [-0.05, 0) is 24.6 Å². The molecule has 0 fully saturated rings. The highest BCUT2D eigenvalue weighted by atomic mass is 16.4. The number of nitrogens with zero attached hydrogens (tertiary/aromatic N) is 1. The summed E-state index contributed by atoms with van der Waals surface area (Å²) in [6.45, 7) is 1.96. The van der Waals surface area contributed by atoms with Gasteiger partial charge in [-0.1, -0.05) is 29.8 Å². The van der Waals surface area contributed by atoms with Gasteiger partial charge in [0.25, 0.3) is 0 Å². The zero-order valence-electron chi connectivity index (χ0n) is 11.0. The molecular formula is C15H14N2O3. The maximum atomic E-state index is 11.9. The molecule has 0 saturated carbocycles. The van der Waals surface area contributed by atoms with Crippen LogP contribution in [0.2, 0.25) is 0 Å². The summed E-state index contributed by atoms with van der Waals surface area (Å²) in [6, 6.07) is 10.6. The van der Waals surface area contributed by atoms with Crippen LogP contribution in [0.15, 0.2) is 42.6 Å². The largest absolute Gasteiger partial charge is 0.477 e. The third kappa shape index (κ3) is 3.65. The Hall–Kier alpha value is -2.69. The number of carbonyl (C=O) groups excluding carboxylic acids is 1. The van der Waals surface area contributed by atoms with Crippen molar-refractivity contribution in [2.24, 2.45) is 0 Å². The molecule has 0 saturated heterocycles. The minimum Gasteiger partial charge on any atom is -0.477 e. The molecule has 20 heavy (non-hydrogen) atoms. The molecule has 1 aromatic carbocycles. The monoisotopic (exact) mass is 270 g/mol. The van der Waals surface area contributed by atoms with Gasteiger partial charge in [0, 0.05) is 11.9 Å². The molecule has 1 amide bonds. The first-order valence-electron chi connectivity index (χ1n) is 6.09. The third-order valence-corrected chi connectivity index (χ3v) is 2.71. The molecule has 0 bridgehead atoms. The van der Waals surface area contributed by atoms with E-state index >= 15 is 0 Å². The number of carboxylic acid groups (broad SMARTS) is 1. The second kappa shape index (κ2) is 5.97. The Bertz CT molecular complexity index is 653. The molecule has 0 radical (unpaired) electrons. The maximum absolute atomic E-state index is 11.9. The fourth-order valence-electron chi connectivity index (χ4n) is 1.84. The summed E-state index contributed by atoms with van der Waals surface area (Å²) in [6.07, 6.45) is 1.60. The summed E-state index contributed by atoms with van der Waals surface area (Å²) in [5, 5.41) is 11.5. The SMILES string of the molecule is Cc1cccc(CC(=O)Nc2ccnc(C(=O)O)c2)c1. The normalized spacial score (nSPS) is 10.1. The Morgan fingerprint density at radius 3 is 2.75 bits per heavy atom. The minimum atomic E-state index is -1.13. The summed E-state index contributed by atoms with van der Waals surface area (Å²) in [5.41, 5.74) is 2.33. The Morgan fingerprint density at radius 1 is 1.25 bits per heavy atom. The van der Waals surface area contributed by atoms with Gasteiger partial charge in [0.1, 0.15) is 5.69 Å². The second-order valence-electron chi connectivity index (χ2n) is 4.45. The van der Waals surface area contributed by atoms with Crippen LogP contribution < -0.4 is 5.32 Å². The van der Waals surface area contributed by atoms with Crippen LogP contribution in [0.5, 0.6) is 0 Å². The van der Waals surface area contributed by atoms with E-state index < -0.39 is 5.97 Å². The van der Waals surface area contributed by atoms with E-state index in [1.54, 1.807) is 6.07 Å². The Morgan fingerprint density at radius 2 is 2.05 bits per heavy atom. The van der Waals surface area contributed by atoms with Crippen LogP contribution in [0, 0.1) is 6.92 Å². The van der Waals surface area contributed by atoms with Gasteiger partial charge in [-0.15, -0.1) is 0 Å². The molecule has 102 valence electrons. The number of aromatic carboxylic acids is 1. The minimum absolute atomic E-state index is 0.0987. The van der Waals surface area contributed by atoms with Crippen molar-refractivity contribution >= 4 is 17.6 Å². The van der Waals surface area contributed by atoms with Gasteiger partial charge in [0.2, 0.25) is 5.91 Å². The number of rotatable bonds is 4. The molecule has 1 heterocycles. The average molecular weight is 270 g/mol. The van der Waals surface area contributed by atoms with Crippen LogP contribution in [0.25, 0.3) is 0 Å². The zero-order chi connectivity index (χ0) is 14.5. The average Bonchev–Trinajstić information content (AvgIpc) is 2.38. The van der Waals surface area contributed by atoms with Crippen molar-refractivity contribution in [1.82, 2.24) is 4.98 Å². The fraction of sp³-hybridized carbons (Fsp3) is 0.133. The zero-order valence-corrected chi connectivity index (χ0v) is 11.0. The van der Waals surface area contributed by atoms with E-state index in [-0.39, 0.29) is 18.0 Å². The molecule has 0 aliphatic rings. The predicted octanol–water partition coefficient (Wildman–Crippen LogP) is 2.27. The summed E-state index contributed by atoms with van der Waals surface area (Å²) < 4.78 is 0. The van der Waals surface area contributed by atoms with Gasteiger partial charge in [0.05, 0.1) is 6.42 Å². The second-order valence-corrected chi connectivity index (χ2v) is 4.45. The first kappa shape index (κ1) is 13.7. The van der Waals surface area contributed by atoms with E-state index in [2.05, 4.69) is 10.3 Å². The van der Waals surface area contributed by atoms with Crippen LogP contribution in [0.3, 0.4) is 0 Å². The highest BCUT2D eigenvalue weighted by Crippen LogP contribution is 2.10. The molecule has 2 aromatic rings. The molecule has 5 nitrogen and oxygen atoms in total. The Kier molecular flexibility index (Phi) is 4.10. The van der Waals surface area contributed by atoms with Crippen molar-refractivity contribution in [3.63, 3.8) is 0 Å². The molecule has 1 aromatic heterocycles. The lowest BCUT2D eigenvalue weighted by atomic mass is 10.1. The fourth-order valence-corrected chi connectivity index (χ4v) is 1.84. The highest BCUT2D eigenvalue weighted by molar-refractivity contribution is 5.94. The quantitative estimate of drug-likeness (QED) is 0.893. The summed E-state index contributed by atoms with van der Waals surface area (Å²) in [4.78, 5) is 26.4. The van der Waals surface area contributed by atoms with Crippen molar-refractivity contribution in [2.45, 2.75) is 13.3 Å². The number of nitrogens with one attached hydrogen (secondary N) is 1. The molecule has 0 spiro atoms. The van der Waals surface area contributed by atoms with Crippen molar-refractivity contribution in [1.29, 1.82) is 0 Å². The summed E-state index contributed by atoms with van der Waals surface area (Å²) in [7, 11) is 0. The van der Waals surface area contributed by atoms with E-state index in [0.29, 0.717) is 5.69 Å². The van der Waals surface area contributed by atoms with Crippen LogP contribution in [-0.2, 0) is 11.2 Å². The van der Waals surface area contributed by atoms with Crippen LogP contribution in [0.4, 0.5) is 5.69 Å². The summed E-state index contributed by atoms with van der Waals surface area (Å²) in [5.74, 6) is -1.32. The molecule has 0 atom stereocenters. The third-order valence-electron chi connectivity index (χ3n) is 2.71. The molecular weight excluding hydrogens is 256 g/mol. The van der Waals surface area contributed by atoms with Gasteiger partial charge in [-0.3, -0.25) is 4.79 Å². The summed E-state index contributed by atoms with van der Waals surface area (Å²) >= 11 is 0.